The van der Waals surface area contributed by atoms with Crippen molar-refractivity contribution in [3.05, 3.63) is 57.9 Å². The number of H-pyrrole nitrogens is 1. The average Bonchev–Trinajstić information content (AvgIpc) is 2.95. The summed E-state index contributed by atoms with van der Waals surface area (Å²) in [6.07, 6.45) is -0.247. The monoisotopic (exact) mass is 400 g/mol. The van der Waals surface area contributed by atoms with Gasteiger partial charge in [0.05, 0.1) is 31.2 Å². The van der Waals surface area contributed by atoms with Crippen LogP contribution in [0.4, 0.5) is 0 Å². The zero-order chi connectivity index (χ0) is 21.7. The summed E-state index contributed by atoms with van der Waals surface area (Å²) in [5.74, 6) is -1.32. The number of aromatic nitrogens is 1. The number of ether oxygens (including phenoxy) is 2. The van der Waals surface area contributed by atoms with Crippen molar-refractivity contribution in [1.29, 1.82) is 0 Å². The topological polar surface area (TPSA) is 97.5 Å². The van der Waals surface area contributed by atoms with Crippen molar-refractivity contribution in [3.8, 4) is 0 Å². The Kier molecular flexibility index (Phi) is 7.20. The fraction of sp³-hybridized carbons (Fsp3) is 0.409. The van der Waals surface area contributed by atoms with Crippen LogP contribution in [0.15, 0.2) is 24.3 Å². The molecule has 29 heavy (non-hydrogen) atoms. The zero-order valence-corrected chi connectivity index (χ0v) is 17.7. The van der Waals surface area contributed by atoms with E-state index in [1.807, 2.05) is 31.2 Å². The number of rotatable bonds is 7. The first kappa shape index (κ1) is 22.2. The molecule has 1 amide bonds. The summed E-state index contributed by atoms with van der Waals surface area (Å²) in [6, 6.07) is 7.01. The molecule has 0 aliphatic heterocycles. The van der Waals surface area contributed by atoms with Crippen molar-refractivity contribution in [2.24, 2.45) is 0 Å². The number of methoxy groups -OCH3 is 1. The van der Waals surface area contributed by atoms with Crippen molar-refractivity contribution < 1.29 is 23.9 Å². The van der Waals surface area contributed by atoms with Gasteiger partial charge in [0, 0.05) is 5.69 Å². The molecule has 2 aromatic rings. The Hall–Kier alpha value is -3.09. The third-order valence-electron chi connectivity index (χ3n) is 4.58. The molecule has 1 atom stereocenters. The molecule has 2 N–H and O–H groups in total. The van der Waals surface area contributed by atoms with Crippen LogP contribution in [0.25, 0.3) is 0 Å². The van der Waals surface area contributed by atoms with Gasteiger partial charge in [0.1, 0.15) is 5.69 Å². The van der Waals surface area contributed by atoms with Gasteiger partial charge in [-0.25, -0.2) is 4.79 Å². The smallest absolute Gasteiger partial charge is 0.339 e. The number of carbonyl (C=O) groups excluding carboxylic acids is 3. The number of nitrogens with one attached hydrogen (secondary N) is 2. The van der Waals surface area contributed by atoms with Crippen molar-refractivity contribution in [2.45, 2.75) is 53.2 Å². The molecule has 7 nitrogen and oxygen atoms in total. The van der Waals surface area contributed by atoms with Crippen LogP contribution in [0, 0.1) is 20.8 Å². The minimum atomic E-state index is -0.570. The Balaban J connectivity index is 2.30. The summed E-state index contributed by atoms with van der Waals surface area (Å²) < 4.78 is 10.0. The minimum Gasteiger partial charge on any atom is -0.465 e. The number of hydrogen-bond acceptors (Lipinski definition) is 5. The van der Waals surface area contributed by atoms with Crippen LogP contribution in [0.1, 0.15) is 69.5 Å². The van der Waals surface area contributed by atoms with Gasteiger partial charge in [-0.1, -0.05) is 29.8 Å². The Morgan fingerprint density at radius 2 is 1.69 bits per heavy atom. The lowest BCUT2D eigenvalue weighted by atomic mass is 10.0. The lowest BCUT2D eigenvalue weighted by Crippen LogP contribution is -2.31. The maximum atomic E-state index is 12.9. The largest absolute Gasteiger partial charge is 0.465 e. The molecule has 0 saturated carbocycles. The molecule has 0 fully saturated rings. The normalized spacial score (nSPS) is 11.8. The van der Waals surface area contributed by atoms with Crippen molar-refractivity contribution in [1.82, 2.24) is 10.3 Å². The fourth-order valence-corrected chi connectivity index (χ4v) is 3.14. The Morgan fingerprint density at radius 1 is 1.07 bits per heavy atom. The molecule has 1 aromatic heterocycles. The van der Waals surface area contributed by atoms with Crippen LogP contribution >= 0.6 is 0 Å². The summed E-state index contributed by atoms with van der Waals surface area (Å²) >= 11 is 0. The van der Waals surface area contributed by atoms with Crippen molar-refractivity contribution in [2.75, 3.05) is 7.11 Å². The lowest BCUT2D eigenvalue weighted by Gasteiger charge is -2.19. The van der Waals surface area contributed by atoms with E-state index in [0.717, 1.165) is 11.1 Å². The molecule has 1 heterocycles. The lowest BCUT2D eigenvalue weighted by molar-refractivity contribution is -0.147. The van der Waals surface area contributed by atoms with Crippen LogP contribution < -0.4 is 5.32 Å². The summed E-state index contributed by atoms with van der Waals surface area (Å²) in [6.45, 7) is 8.89. The second-order valence-corrected chi connectivity index (χ2v) is 7.30. The van der Waals surface area contributed by atoms with Gasteiger partial charge in [-0.2, -0.15) is 0 Å². The second-order valence-electron chi connectivity index (χ2n) is 7.30. The summed E-state index contributed by atoms with van der Waals surface area (Å²) in [4.78, 5) is 40.1. The highest BCUT2D eigenvalue weighted by Crippen LogP contribution is 2.22. The third kappa shape index (κ3) is 5.47. The molecule has 7 heteroatoms. The molecule has 0 aliphatic rings. The first-order chi connectivity index (χ1) is 13.6. The Bertz CT molecular complexity index is 897. The molecule has 156 valence electrons. The molecule has 1 unspecified atom stereocenters. The first-order valence-corrected chi connectivity index (χ1v) is 9.48. The molecule has 0 radical (unpaired) electrons. The second kappa shape index (κ2) is 9.41. The van der Waals surface area contributed by atoms with Crippen molar-refractivity contribution in [3.63, 3.8) is 0 Å². The van der Waals surface area contributed by atoms with Crippen LogP contribution in [0.3, 0.4) is 0 Å². The number of hydrogen-bond donors (Lipinski definition) is 2. The first-order valence-electron chi connectivity index (χ1n) is 9.48. The van der Waals surface area contributed by atoms with Gasteiger partial charge in [-0.05, 0) is 45.7 Å². The van der Waals surface area contributed by atoms with Gasteiger partial charge >= 0.3 is 11.9 Å². The standard InChI is InChI=1S/C22H28N2O5/c1-12(2)29-18(25)11-17(16-9-7-13(3)8-10-16)24-21(26)20-14(4)19(15(5)23-20)22(27)28-6/h7-10,12,17,23H,11H2,1-6H3,(H,24,26). The fourth-order valence-electron chi connectivity index (χ4n) is 3.14. The predicted octanol–water partition coefficient (Wildman–Crippen LogP) is 3.54. The predicted molar refractivity (Wildman–Crippen MR) is 109 cm³/mol. The zero-order valence-electron chi connectivity index (χ0n) is 17.7. The average molecular weight is 400 g/mol. The van der Waals surface area contributed by atoms with E-state index in [0.29, 0.717) is 16.8 Å². The quantitative estimate of drug-likeness (QED) is 0.693. The van der Waals surface area contributed by atoms with E-state index in [2.05, 4.69) is 10.3 Å². The number of benzene rings is 1. The third-order valence-corrected chi connectivity index (χ3v) is 4.58. The highest BCUT2D eigenvalue weighted by atomic mass is 16.5. The van der Waals surface area contributed by atoms with E-state index in [1.54, 1.807) is 27.7 Å². The number of aryl methyl sites for hydroxylation is 2. The van der Waals surface area contributed by atoms with Gasteiger partial charge in [0.25, 0.3) is 5.91 Å². The van der Waals surface area contributed by atoms with Gasteiger partial charge in [0.15, 0.2) is 0 Å². The van der Waals surface area contributed by atoms with E-state index < -0.39 is 23.9 Å². The van der Waals surface area contributed by atoms with Crippen LogP contribution in [-0.2, 0) is 14.3 Å². The van der Waals surface area contributed by atoms with Gasteiger partial charge in [-0.3, -0.25) is 9.59 Å². The molecular weight excluding hydrogens is 372 g/mol. The molecule has 0 spiro atoms. The van der Waals surface area contributed by atoms with Gasteiger partial charge in [-0.15, -0.1) is 0 Å². The maximum absolute atomic E-state index is 12.9. The molecule has 1 aromatic carbocycles. The van der Waals surface area contributed by atoms with Crippen LogP contribution in [0.2, 0.25) is 0 Å². The highest BCUT2D eigenvalue weighted by Gasteiger charge is 2.26. The summed E-state index contributed by atoms with van der Waals surface area (Å²) in [7, 11) is 1.29. The molecule has 0 bridgehead atoms. The number of amides is 1. The van der Waals surface area contributed by atoms with Crippen LogP contribution in [0.5, 0.6) is 0 Å². The molecule has 0 aliphatic carbocycles. The van der Waals surface area contributed by atoms with Crippen molar-refractivity contribution >= 4 is 17.8 Å². The van der Waals surface area contributed by atoms with E-state index in [4.69, 9.17) is 9.47 Å². The molecule has 2 rings (SSSR count). The minimum absolute atomic E-state index is 0.00439. The number of aromatic amines is 1. The van der Waals surface area contributed by atoms with Gasteiger partial charge < -0.3 is 19.8 Å². The van der Waals surface area contributed by atoms with E-state index in [9.17, 15) is 14.4 Å². The summed E-state index contributed by atoms with van der Waals surface area (Å²) in [5.41, 5.74) is 3.51. The SMILES string of the molecule is COC(=O)c1c(C)[nH]c(C(=O)NC(CC(=O)OC(C)C)c2ccc(C)cc2)c1C. The van der Waals surface area contributed by atoms with E-state index >= 15 is 0 Å². The highest BCUT2D eigenvalue weighted by molar-refractivity contribution is 6.00. The molecular formula is C22H28N2O5. The Labute approximate surface area is 170 Å². The number of esters is 2. The number of carbonyl (C=O) groups is 3. The van der Waals surface area contributed by atoms with Gasteiger partial charge in [0.2, 0.25) is 0 Å². The molecule has 0 saturated heterocycles. The Morgan fingerprint density at radius 3 is 2.24 bits per heavy atom. The van der Waals surface area contributed by atoms with Crippen LogP contribution in [-0.4, -0.2) is 36.0 Å². The summed E-state index contributed by atoms with van der Waals surface area (Å²) in [5, 5.41) is 2.89. The van der Waals surface area contributed by atoms with E-state index in [-0.39, 0.29) is 18.2 Å². The van der Waals surface area contributed by atoms with E-state index in [1.165, 1.54) is 7.11 Å². The maximum Gasteiger partial charge on any atom is 0.339 e.